The van der Waals surface area contributed by atoms with E-state index in [0.29, 0.717) is 30.6 Å². The molecule has 1 N–H and O–H groups in total. The van der Waals surface area contributed by atoms with Gasteiger partial charge in [0.2, 0.25) is 5.89 Å². The van der Waals surface area contributed by atoms with Crippen LogP contribution in [0.25, 0.3) is 0 Å². The molecule has 1 aromatic carbocycles. The number of aryl methyl sites for hydroxylation is 1. The zero-order chi connectivity index (χ0) is 18.2. The van der Waals surface area contributed by atoms with Crippen molar-refractivity contribution in [1.82, 2.24) is 20.4 Å². The van der Waals surface area contributed by atoms with Crippen LogP contribution in [0.5, 0.6) is 0 Å². The standard InChI is InChI=1S/C19H27N5OS/c1-3-20-19(21-11-9-18-22-15(2)23-25-18)24-12-10-16(13-24)14-26-17-7-5-4-6-8-17/h4-8,16H,3,9-14H2,1-2H3,(H,20,21). The van der Waals surface area contributed by atoms with E-state index in [1.807, 2.05) is 18.7 Å². The smallest absolute Gasteiger partial charge is 0.228 e. The first-order valence-electron chi connectivity index (χ1n) is 9.25. The van der Waals surface area contributed by atoms with Gasteiger partial charge in [0.15, 0.2) is 11.8 Å². The van der Waals surface area contributed by atoms with Crippen molar-refractivity contribution < 1.29 is 4.52 Å². The van der Waals surface area contributed by atoms with Gasteiger partial charge in [-0.15, -0.1) is 11.8 Å². The van der Waals surface area contributed by atoms with Crippen LogP contribution < -0.4 is 5.32 Å². The highest BCUT2D eigenvalue weighted by molar-refractivity contribution is 7.99. The SMILES string of the molecule is CCNC(=NCCc1nc(C)no1)N1CCC(CSc2ccccc2)C1. The third-order valence-corrected chi connectivity index (χ3v) is 5.55. The summed E-state index contributed by atoms with van der Waals surface area (Å²) in [5.74, 6) is 4.18. The molecule has 1 aromatic heterocycles. The molecule has 1 unspecified atom stereocenters. The van der Waals surface area contributed by atoms with Crippen molar-refractivity contribution in [2.24, 2.45) is 10.9 Å². The van der Waals surface area contributed by atoms with E-state index in [1.54, 1.807) is 0 Å². The van der Waals surface area contributed by atoms with Gasteiger partial charge in [-0.2, -0.15) is 4.98 Å². The molecule has 0 radical (unpaired) electrons. The molecule has 1 atom stereocenters. The van der Waals surface area contributed by atoms with Gasteiger partial charge < -0.3 is 14.7 Å². The Balaban J connectivity index is 1.49. The molecule has 1 fully saturated rings. The first-order chi connectivity index (χ1) is 12.7. The fraction of sp³-hybridized carbons (Fsp3) is 0.526. The zero-order valence-corrected chi connectivity index (χ0v) is 16.3. The van der Waals surface area contributed by atoms with Crippen molar-refractivity contribution >= 4 is 17.7 Å². The van der Waals surface area contributed by atoms with Gasteiger partial charge in [-0.25, -0.2) is 0 Å². The van der Waals surface area contributed by atoms with Crippen LogP contribution in [0.4, 0.5) is 0 Å². The van der Waals surface area contributed by atoms with Crippen LogP contribution in [0.1, 0.15) is 25.1 Å². The monoisotopic (exact) mass is 373 g/mol. The van der Waals surface area contributed by atoms with E-state index in [0.717, 1.165) is 31.3 Å². The Morgan fingerprint density at radius 1 is 1.38 bits per heavy atom. The van der Waals surface area contributed by atoms with Crippen LogP contribution in [-0.2, 0) is 6.42 Å². The minimum absolute atomic E-state index is 0.653. The molecular formula is C19H27N5OS. The van der Waals surface area contributed by atoms with Gasteiger partial charge in [0.25, 0.3) is 0 Å². The van der Waals surface area contributed by atoms with Crippen molar-refractivity contribution in [3.05, 3.63) is 42.0 Å². The highest BCUT2D eigenvalue weighted by Gasteiger charge is 2.24. The molecular weight excluding hydrogens is 346 g/mol. The minimum atomic E-state index is 0.653. The van der Waals surface area contributed by atoms with Crippen molar-refractivity contribution in [3.63, 3.8) is 0 Å². The van der Waals surface area contributed by atoms with Crippen molar-refractivity contribution in [2.75, 3.05) is 31.9 Å². The second-order valence-corrected chi connectivity index (χ2v) is 7.54. The van der Waals surface area contributed by atoms with Gasteiger partial charge in [0, 0.05) is 36.7 Å². The second kappa shape index (κ2) is 9.62. The quantitative estimate of drug-likeness (QED) is 0.457. The number of aromatic nitrogens is 2. The lowest BCUT2D eigenvalue weighted by molar-refractivity contribution is 0.375. The fourth-order valence-electron chi connectivity index (χ4n) is 3.02. The summed E-state index contributed by atoms with van der Waals surface area (Å²) in [6.07, 6.45) is 1.89. The van der Waals surface area contributed by atoms with E-state index in [4.69, 9.17) is 9.52 Å². The summed E-state index contributed by atoms with van der Waals surface area (Å²) in [5, 5.41) is 7.23. The van der Waals surface area contributed by atoms with Crippen molar-refractivity contribution in [1.29, 1.82) is 0 Å². The van der Waals surface area contributed by atoms with Crippen LogP contribution in [0.3, 0.4) is 0 Å². The number of nitrogens with zero attached hydrogens (tertiary/aromatic N) is 4. The number of rotatable bonds is 7. The van der Waals surface area contributed by atoms with Gasteiger partial charge >= 0.3 is 0 Å². The molecule has 0 spiro atoms. The highest BCUT2D eigenvalue weighted by Crippen LogP contribution is 2.25. The molecule has 1 aliphatic rings. The van der Waals surface area contributed by atoms with E-state index in [9.17, 15) is 0 Å². The van der Waals surface area contributed by atoms with E-state index in [1.165, 1.54) is 11.3 Å². The summed E-state index contributed by atoms with van der Waals surface area (Å²) in [5.41, 5.74) is 0. The summed E-state index contributed by atoms with van der Waals surface area (Å²) in [6.45, 7) is 7.59. The van der Waals surface area contributed by atoms with Gasteiger partial charge in [-0.1, -0.05) is 23.4 Å². The van der Waals surface area contributed by atoms with Crippen LogP contribution in [-0.4, -0.2) is 52.9 Å². The number of hydrogen-bond donors (Lipinski definition) is 1. The molecule has 1 saturated heterocycles. The number of benzene rings is 1. The zero-order valence-electron chi connectivity index (χ0n) is 15.5. The van der Waals surface area contributed by atoms with Gasteiger partial charge in [0.05, 0.1) is 6.54 Å². The van der Waals surface area contributed by atoms with Crippen molar-refractivity contribution in [2.45, 2.75) is 31.6 Å². The Kier molecular flexibility index (Phi) is 6.94. The third kappa shape index (κ3) is 5.49. The number of guanidine groups is 1. The average Bonchev–Trinajstić information content (AvgIpc) is 3.29. The second-order valence-electron chi connectivity index (χ2n) is 6.45. The number of hydrogen-bond acceptors (Lipinski definition) is 5. The van der Waals surface area contributed by atoms with E-state index < -0.39 is 0 Å². The molecule has 1 aliphatic heterocycles. The lowest BCUT2D eigenvalue weighted by Gasteiger charge is -2.21. The summed E-state index contributed by atoms with van der Waals surface area (Å²) >= 11 is 1.95. The van der Waals surface area contributed by atoms with Gasteiger partial charge in [0.1, 0.15) is 0 Å². The number of nitrogens with one attached hydrogen (secondary N) is 1. The molecule has 2 aromatic rings. The molecule has 3 rings (SSSR count). The molecule has 7 heteroatoms. The number of likely N-dealkylation sites (tertiary alicyclic amines) is 1. The Morgan fingerprint density at radius 3 is 2.96 bits per heavy atom. The molecule has 0 bridgehead atoms. The van der Waals surface area contributed by atoms with Crippen molar-refractivity contribution in [3.8, 4) is 0 Å². The molecule has 0 amide bonds. The topological polar surface area (TPSA) is 66.5 Å². The first kappa shape index (κ1) is 18.8. The molecule has 0 aliphatic carbocycles. The van der Waals surface area contributed by atoms with Gasteiger partial charge in [-0.05, 0) is 38.3 Å². The molecule has 0 saturated carbocycles. The first-order valence-corrected chi connectivity index (χ1v) is 10.2. The van der Waals surface area contributed by atoms with Crippen LogP contribution >= 0.6 is 11.8 Å². The summed E-state index contributed by atoms with van der Waals surface area (Å²) < 4.78 is 5.16. The highest BCUT2D eigenvalue weighted by atomic mass is 32.2. The molecule has 26 heavy (non-hydrogen) atoms. The largest absolute Gasteiger partial charge is 0.357 e. The molecule has 2 heterocycles. The summed E-state index contributed by atoms with van der Waals surface area (Å²) in [7, 11) is 0. The van der Waals surface area contributed by atoms with E-state index >= 15 is 0 Å². The lowest BCUT2D eigenvalue weighted by atomic mass is 10.2. The lowest BCUT2D eigenvalue weighted by Crippen LogP contribution is -2.40. The fourth-order valence-corrected chi connectivity index (χ4v) is 4.07. The number of thioether (sulfide) groups is 1. The Labute approximate surface area is 159 Å². The van der Waals surface area contributed by atoms with E-state index in [2.05, 4.69) is 57.6 Å². The van der Waals surface area contributed by atoms with E-state index in [-0.39, 0.29) is 0 Å². The predicted octanol–water partition coefficient (Wildman–Crippen LogP) is 3.00. The Morgan fingerprint density at radius 2 is 2.23 bits per heavy atom. The molecule has 6 nitrogen and oxygen atoms in total. The molecule has 140 valence electrons. The Hall–Kier alpha value is -2.02. The maximum atomic E-state index is 5.16. The van der Waals surface area contributed by atoms with Gasteiger partial charge in [-0.3, -0.25) is 4.99 Å². The third-order valence-electron chi connectivity index (χ3n) is 4.31. The predicted molar refractivity (Wildman–Crippen MR) is 106 cm³/mol. The average molecular weight is 374 g/mol. The minimum Gasteiger partial charge on any atom is -0.357 e. The van der Waals surface area contributed by atoms with Crippen LogP contribution in [0.2, 0.25) is 0 Å². The summed E-state index contributed by atoms with van der Waals surface area (Å²) in [6, 6.07) is 10.6. The van der Waals surface area contributed by atoms with Crippen LogP contribution in [0, 0.1) is 12.8 Å². The maximum Gasteiger partial charge on any atom is 0.228 e. The normalized spacial score (nSPS) is 17.7. The maximum absolute atomic E-state index is 5.16. The van der Waals surface area contributed by atoms with Crippen LogP contribution in [0.15, 0.2) is 44.7 Å². The number of aliphatic imine (C=N–C) groups is 1. The Bertz CT molecular complexity index is 703. The summed E-state index contributed by atoms with van der Waals surface area (Å²) in [4.78, 5) is 12.7.